The fraction of sp³-hybridized carbons (Fsp3) is 0.125. The molecular weight excluding hydrogens is 284 g/mol. The Balaban J connectivity index is 1.68. The Morgan fingerprint density at radius 2 is 2.09 bits per heavy atom. The lowest BCUT2D eigenvalue weighted by Crippen LogP contribution is -2.22. The van der Waals surface area contributed by atoms with Crippen LogP contribution in [0.4, 0.5) is 0 Å². The molecule has 1 N–H and O–H groups in total. The quantitative estimate of drug-likeness (QED) is 0.783. The van der Waals surface area contributed by atoms with Crippen molar-refractivity contribution >= 4 is 5.91 Å². The van der Waals surface area contributed by atoms with Crippen molar-refractivity contribution in [2.45, 2.75) is 6.54 Å². The zero-order valence-corrected chi connectivity index (χ0v) is 11.9. The molecule has 2 heterocycles. The number of methoxy groups -OCH3 is 1. The fourth-order valence-corrected chi connectivity index (χ4v) is 1.94. The molecule has 0 fully saturated rings. The van der Waals surface area contributed by atoms with Crippen molar-refractivity contribution in [1.29, 1.82) is 0 Å². The first kappa shape index (κ1) is 13.9. The molecule has 0 radical (unpaired) electrons. The monoisotopic (exact) mass is 298 g/mol. The third kappa shape index (κ3) is 3.01. The van der Waals surface area contributed by atoms with Crippen molar-refractivity contribution in [3.63, 3.8) is 0 Å². The molecule has 0 aliphatic rings. The number of aromatic nitrogens is 1. The number of benzene rings is 1. The van der Waals surface area contributed by atoms with Crippen LogP contribution in [0.15, 0.2) is 57.7 Å². The van der Waals surface area contributed by atoms with Crippen molar-refractivity contribution in [3.05, 3.63) is 60.2 Å². The van der Waals surface area contributed by atoms with E-state index in [0.717, 1.165) is 11.3 Å². The van der Waals surface area contributed by atoms with E-state index in [2.05, 4.69) is 10.5 Å². The minimum absolute atomic E-state index is 0.220. The van der Waals surface area contributed by atoms with Crippen molar-refractivity contribution < 1.29 is 18.5 Å². The van der Waals surface area contributed by atoms with Crippen LogP contribution in [-0.2, 0) is 6.54 Å². The van der Waals surface area contributed by atoms with Gasteiger partial charge in [-0.05, 0) is 36.4 Å². The topological polar surface area (TPSA) is 77.5 Å². The average Bonchev–Trinajstić information content (AvgIpc) is 3.24. The third-order valence-electron chi connectivity index (χ3n) is 3.12. The van der Waals surface area contributed by atoms with Crippen LogP contribution >= 0.6 is 0 Å². The van der Waals surface area contributed by atoms with E-state index in [1.807, 2.05) is 24.3 Å². The molecule has 0 saturated carbocycles. The largest absolute Gasteiger partial charge is 0.497 e. The predicted octanol–water partition coefficient (Wildman–Crippen LogP) is 2.87. The number of carbonyl (C=O) groups excluding carboxylic acids is 1. The van der Waals surface area contributed by atoms with Crippen LogP contribution in [-0.4, -0.2) is 18.2 Å². The lowest BCUT2D eigenvalue weighted by Gasteiger charge is -1.99. The van der Waals surface area contributed by atoms with Gasteiger partial charge >= 0.3 is 0 Å². The van der Waals surface area contributed by atoms with Gasteiger partial charge in [-0.1, -0.05) is 5.16 Å². The maximum atomic E-state index is 12.0. The fourth-order valence-electron chi connectivity index (χ4n) is 1.94. The van der Waals surface area contributed by atoms with E-state index in [1.54, 1.807) is 31.6 Å². The number of nitrogens with one attached hydrogen (secondary N) is 1. The van der Waals surface area contributed by atoms with Crippen molar-refractivity contribution in [2.24, 2.45) is 0 Å². The summed E-state index contributed by atoms with van der Waals surface area (Å²) in [6, 6.07) is 12.4. The van der Waals surface area contributed by atoms with Crippen LogP contribution in [0.3, 0.4) is 0 Å². The highest BCUT2D eigenvalue weighted by atomic mass is 16.5. The van der Waals surface area contributed by atoms with Crippen molar-refractivity contribution in [3.8, 4) is 17.1 Å². The van der Waals surface area contributed by atoms with Gasteiger partial charge in [0.05, 0.1) is 19.9 Å². The highest BCUT2D eigenvalue weighted by molar-refractivity contribution is 5.93. The van der Waals surface area contributed by atoms with Crippen LogP contribution in [0.25, 0.3) is 11.3 Å². The molecule has 1 aromatic carbocycles. The van der Waals surface area contributed by atoms with Gasteiger partial charge < -0.3 is 19.0 Å². The van der Waals surface area contributed by atoms with E-state index in [4.69, 9.17) is 13.7 Å². The summed E-state index contributed by atoms with van der Waals surface area (Å²) < 4.78 is 15.4. The Morgan fingerprint density at radius 1 is 1.27 bits per heavy atom. The van der Waals surface area contributed by atoms with Crippen LogP contribution in [0.1, 0.15) is 16.2 Å². The van der Waals surface area contributed by atoms with Gasteiger partial charge in [0, 0.05) is 11.6 Å². The number of carbonyl (C=O) groups is 1. The molecule has 3 aromatic rings. The van der Waals surface area contributed by atoms with Gasteiger partial charge in [0.1, 0.15) is 11.5 Å². The Hall–Kier alpha value is -3.02. The second-order valence-corrected chi connectivity index (χ2v) is 4.57. The molecule has 112 valence electrons. The van der Waals surface area contributed by atoms with Crippen molar-refractivity contribution in [2.75, 3.05) is 7.11 Å². The first-order chi connectivity index (χ1) is 10.8. The number of furan rings is 1. The van der Waals surface area contributed by atoms with Crippen LogP contribution in [0.5, 0.6) is 5.75 Å². The number of nitrogens with zero attached hydrogens (tertiary/aromatic N) is 1. The summed E-state index contributed by atoms with van der Waals surface area (Å²) in [5, 5.41) is 6.50. The molecule has 0 atom stereocenters. The first-order valence-electron chi connectivity index (χ1n) is 6.68. The molecule has 0 aliphatic carbocycles. The van der Waals surface area contributed by atoms with E-state index < -0.39 is 0 Å². The van der Waals surface area contributed by atoms with Crippen LogP contribution in [0, 0.1) is 0 Å². The average molecular weight is 298 g/mol. The van der Waals surface area contributed by atoms with Gasteiger partial charge in [0.25, 0.3) is 5.91 Å². The minimum atomic E-state index is -0.320. The number of hydrogen-bond acceptors (Lipinski definition) is 5. The molecule has 2 aromatic heterocycles. The molecule has 0 aliphatic heterocycles. The zero-order chi connectivity index (χ0) is 15.4. The van der Waals surface area contributed by atoms with Gasteiger partial charge in [-0.25, -0.2) is 0 Å². The standard InChI is InChI=1S/C16H14N2O4/c1-20-12-6-4-11(5-7-12)15-9-14(18-22-15)16(19)17-10-13-3-2-8-21-13/h2-9H,10H2,1H3,(H,17,19). The lowest BCUT2D eigenvalue weighted by molar-refractivity contribution is 0.0939. The van der Waals surface area contributed by atoms with Gasteiger partial charge in [-0.2, -0.15) is 0 Å². The molecule has 0 saturated heterocycles. The third-order valence-corrected chi connectivity index (χ3v) is 3.12. The number of amides is 1. The summed E-state index contributed by atoms with van der Waals surface area (Å²) in [4.78, 5) is 12.0. The number of hydrogen-bond donors (Lipinski definition) is 1. The summed E-state index contributed by atoms with van der Waals surface area (Å²) in [6.07, 6.45) is 1.55. The van der Waals surface area contributed by atoms with E-state index >= 15 is 0 Å². The maximum absolute atomic E-state index is 12.0. The van der Waals surface area contributed by atoms with Gasteiger partial charge in [0.2, 0.25) is 0 Å². The highest BCUT2D eigenvalue weighted by Crippen LogP contribution is 2.23. The van der Waals surface area contributed by atoms with Gasteiger partial charge in [-0.15, -0.1) is 0 Å². The Morgan fingerprint density at radius 3 is 2.77 bits per heavy atom. The predicted molar refractivity (Wildman–Crippen MR) is 78.4 cm³/mol. The normalized spacial score (nSPS) is 10.4. The Bertz CT molecular complexity index is 745. The molecule has 0 bridgehead atoms. The molecule has 6 heteroatoms. The Labute approximate surface area is 126 Å². The van der Waals surface area contributed by atoms with E-state index in [1.165, 1.54) is 0 Å². The number of ether oxygens (including phenoxy) is 1. The molecular formula is C16H14N2O4. The van der Waals surface area contributed by atoms with Gasteiger partial charge in [-0.3, -0.25) is 4.79 Å². The summed E-state index contributed by atoms with van der Waals surface area (Å²) in [5.74, 6) is 1.62. The van der Waals surface area contributed by atoms with E-state index in [0.29, 0.717) is 18.1 Å². The van der Waals surface area contributed by atoms with E-state index in [-0.39, 0.29) is 11.6 Å². The van der Waals surface area contributed by atoms with Crippen molar-refractivity contribution in [1.82, 2.24) is 10.5 Å². The Kier molecular flexibility index (Phi) is 3.91. The summed E-state index contributed by atoms with van der Waals surface area (Å²) in [6.45, 7) is 0.302. The first-order valence-corrected chi connectivity index (χ1v) is 6.68. The lowest BCUT2D eigenvalue weighted by atomic mass is 10.1. The zero-order valence-electron chi connectivity index (χ0n) is 11.9. The minimum Gasteiger partial charge on any atom is -0.497 e. The SMILES string of the molecule is COc1ccc(-c2cc(C(=O)NCc3ccco3)no2)cc1. The molecule has 6 nitrogen and oxygen atoms in total. The molecule has 22 heavy (non-hydrogen) atoms. The maximum Gasteiger partial charge on any atom is 0.273 e. The summed E-state index contributed by atoms with van der Waals surface area (Å²) >= 11 is 0. The second-order valence-electron chi connectivity index (χ2n) is 4.57. The van der Waals surface area contributed by atoms with Crippen LogP contribution < -0.4 is 10.1 Å². The van der Waals surface area contributed by atoms with E-state index in [9.17, 15) is 4.79 Å². The smallest absolute Gasteiger partial charge is 0.273 e. The molecule has 0 unspecified atom stereocenters. The second kappa shape index (κ2) is 6.17. The highest BCUT2D eigenvalue weighted by Gasteiger charge is 2.14. The molecule has 3 rings (SSSR count). The molecule has 0 spiro atoms. The molecule has 1 amide bonds. The summed E-state index contributed by atoms with van der Waals surface area (Å²) in [5.41, 5.74) is 1.04. The van der Waals surface area contributed by atoms with Crippen LogP contribution in [0.2, 0.25) is 0 Å². The van der Waals surface area contributed by atoms with Gasteiger partial charge in [0.15, 0.2) is 11.5 Å². The number of rotatable bonds is 5. The summed E-state index contributed by atoms with van der Waals surface area (Å²) in [7, 11) is 1.60.